The zero-order chi connectivity index (χ0) is 14.8. The zero-order valence-electron chi connectivity index (χ0n) is 11.7. The summed E-state index contributed by atoms with van der Waals surface area (Å²) in [5.41, 5.74) is 6.23. The lowest BCUT2D eigenvalue weighted by Gasteiger charge is -2.26. The summed E-state index contributed by atoms with van der Waals surface area (Å²) in [6.45, 7) is 0. The predicted octanol–water partition coefficient (Wildman–Crippen LogP) is 4.81. The number of nitrogens with two attached hydrogens (primary N) is 1. The van der Waals surface area contributed by atoms with E-state index in [1.165, 1.54) is 24.8 Å². The van der Waals surface area contributed by atoms with Crippen molar-refractivity contribution in [3.8, 4) is 0 Å². The molecule has 4 heteroatoms. The van der Waals surface area contributed by atoms with Gasteiger partial charge in [0.05, 0.1) is 6.04 Å². The number of hydrogen-bond donors (Lipinski definition) is 2. The van der Waals surface area contributed by atoms with E-state index in [9.17, 15) is 0 Å². The van der Waals surface area contributed by atoms with E-state index in [4.69, 9.17) is 29.0 Å². The average Bonchev–Trinajstić information content (AvgIpc) is 2.43. The number of rotatable bonds is 4. The van der Waals surface area contributed by atoms with Crippen LogP contribution in [-0.2, 0) is 0 Å². The quantitative estimate of drug-likeness (QED) is 0.626. The molecule has 21 heavy (non-hydrogen) atoms. The summed E-state index contributed by atoms with van der Waals surface area (Å²) < 4.78 is 0. The number of benzene rings is 2. The normalized spacial score (nSPS) is 16.5. The smallest absolute Gasteiger partial charge is 0.0725 e. The number of nitrogens with one attached hydrogen (secondary N) is 1. The van der Waals surface area contributed by atoms with E-state index in [-0.39, 0.29) is 6.04 Å². The Balaban J connectivity index is 1.90. The standard InChI is InChI=1S/C17H18Cl2N2/c18-14-8-9-16(19)15(10-14)17(21-20)13-6-4-12(5-7-13)11-2-1-3-11/h4-11,17,21H,1-3,20H2. The molecular weight excluding hydrogens is 303 g/mol. The van der Waals surface area contributed by atoms with E-state index >= 15 is 0 Å². The maximum atomic E-state index is 6.28. The molecule has 3 N–H and O–H groups in total. The van der Waals surface area contributed by atoms with Crippen molar-refractivity contribution in [2.45, 2.75) is 31.2 Å². The molecule has 1 saturated carbocycles. The molecule has 0 heterocycles. The van der Waals surface area contributed by atoms with Gasteiger partial charge in [-0.05, 0) is 53.6 Å². The van der Waals surface area contributed by atoms with E-state index in [0.717, 1.165) is 17.0 Å². The number of halogens is 2. The maximum Gasteiger partial charge on any atom is 0.0725 e. The largest absolute Gasteiger partial charge is 0.271 e. The second-order valence-electron chi connectivity index (χ2n) is 5.56. The molecule has 1 fully saturated rings. The van der Waals surface area contributed by atoms with E-state index in [1.54, 1.807) is 12.1 Å². The molecule has 0 spiro atoms. The first kappa shape index (κ1) is 14.9. The molecule has 3 rings (SSSR count). The van der Waals surface area contributed by atoms with Crippen molar-refractivity contribution in [3.63, 3.8) is 0 Å². The highest BCUT2D eigenvalue weighted by atomic mass is 35.5. The Morgan fingerprint density at radius 1 is 1.05 bits per heavy atom. The molecule has 1 aliphatic carbocycles. The minimum Gasteiger partial charge on any atom is -0.271 e. The predicted molar refractivity (Wildman–Crippen MR) is 88.7 cm³/mol. The van der Waals surface area contributed by atoms with Gasteiger partial charge in [0, 0.05) is 10.0 Å². The molecule has 0 bridgehead atoms. The fraction of sp³-hybridized carbons (Fsp3) is 0.294. The van der Waals surface area contributed by atoms with Crippen LogP contribution >= 0.6 is 23.2 Å². The van der Waals surface area contributed by atoms with Crippen molar-refractivity contribution < 1.29 is 0 Å². The van der Waals surface area contributed by atoms with Crippen molar-refractivity contribution in [1.29, 1.82) is 0 Å². The van der Waals surface area contributed by atoms with Crippen LogP contribution in [0, 0.1) is 0 Å². The summed E-state index contributed by atoms with van der Waals surface area (Å²) >= 11 is 12.4. The van der Waals surface area contributed by atoms with Crippen LogP contribution in [0.15, 0.2) is 42.5 Å². The maximum absolute atomic E-state index is 6.28. The lowest BCUT2D eigenvalue weighted by molar-refractivity contribution is 0.419. The third kappa shape index (κ3) is 3.09. The van der Waals surface area contributed by atoms with E-state index < -0.39 is 0 Å². The summed E-state index contributed by atoms with van der Waals surface area (Å²) in [7, 11) is 0. The molecule has 0 aromatic heterocycles. The Labute approximate surface area is 135 Å². The topological polar surface area (TPSA) is 38.0 Å². The van der Waals surface area contributed by atoms with E-state index in [1.807, 2.05) is 6.07 Å². The monoisotopic (exact) mass is 320 g/mol. The second-order valence-corrected chi connectivity index (χ2v) is 6.40. The molecule has 0 amide bonds. The lowest BCUT2D eigenvalue weighted by atomic mass is 9.79. The first-order valence-corrected chi connectivity index (χ1v) is 7.95. The summed E-state index contributed by atoms with van der Waals surface area (Å²) in [6.07, 6.45) is 3.95. The van der Waals surface area contributed by atoms with Crippen LogP contribution < -0.4 is 11.3 Å². The van der Waals surface area contributed by atoms with Gasteiger partial charge in [-0.15, -0.1) is 0 Å². The average molecular weight is 321 g/mol. The Morgan fingerprint density at radius 2 is 1.76 bits per heavy atom. The van der Waals surface area contributed by atoms with Crippen molar-refractivity contribution in [3.05, 3.63) is 69.2 Å². The molecule has 0 radical (unpaired) electrons. The molecule has 0 saturated heterocycles. The van der Waals surface area contributed by atoms with Gasteiger partial charge in [0.25, 0.3) is 0 Å². The van der Waals surface area contributed by atoms with Gasteiger partial charge in [0.2, 0.25) is 0 Å². The van der Waals surface area contributed by atoms with Crippen LogP contribution in [0.3, 0.4) is 0 Å². The summed E-state index contributed by atoms with van der Waals surface area (Å²) in [5, 5.41) is 1.31. The van der Waals surface area contributed by atoms with Gasteiger partial charge in [-0.1, -0.05) is 53.9 Å². The summed E-state index contributed by atoms with van der Waals surface area (Å²) in [6, 6.07) is 13.9. The van der Waals surface area contributed by atoms with Crippen LogP contribution in [0.2, 0.25) is 10.0 Å². The highest BCUT2D eigenvalue weighted by Gasteiger charge is 2.20. The van der Waals surface area contributed by atoms with Gasteiger partial charge in [-0.2, -0.15) is 0 Å². The van der Waals surface area contributed by atoms with Crippen molar-refractivity contribution in [1.82, 2.24) is 5.43 Å². The van der Waals surface area contributed by atoms with Crippen LogP contribution in [0.4, 0.5) is 0 Å². The van der Waals surface area contributed by atoms with Gasteiger partial charge in [0.15, 0.2) is 0 Å². The van der Waals surface area contributed by atoms with Crippen LogP contribution in [0.5, 0.6) is 0 Å². The van der Waals surface area contributed by atoms with Gasteiger partial charge in [0.1, 0.15) is 0 Å². The molecule has 2 nitrogen and oxygen atoms in total. The van der Waals surface area contributed by atoms with Crippen molar-refractivity contribution >= 4 is 23.2 Å². The molecule has 1 atom stereocenters. The van der Waals surface area contributed by atoms with Crippen molar-refractivity contribution in [2.75, 3.05) is 0 Å². The lowest BCUT2D eigenvalue weighted by Crippen LogP contribution is -2.29. The zero-order valence-corrected chi connectivity index (χ0v) is 13.2. The summed E-state index contributed by atoms with van der Waals surface area (Å²) in [5.74, 6) is 6.47. The molecule has 2 aromatic rings. The second kappa shape index (κ2) is 6.37. The first-order chi connectivity index (χ1) is 10.2. The van der Waals surface area contributed by atoms with Crippen LogP contribution in [0.1, 0.15) is 47.9 Å². The Kier molecular flexibility index (Phi) is 4.51. The third-order valence-electron chi connectivity index (χ3n) is 4.28. The Hall–Kier alpha value is -1.06. The van der Waals surface area contributed by atoms with Crippen molar-refractivity contribution in [2.24, 2.45) is 5.84 Å². The molecule has 1 aliphatic rings. The van der Waals surface area contributed by atoms with Gasteiger partial charge in [-0.25, -0.2) is 5.43 Å². The fourth-order valence-electron chi connectivity index (χ4n) is 2.80. The van der Waals surface area contributed by atoms with E-state index in [0.29, 0.717) is 10.0 Å². The fourth-order valence-corrected chi connectivity index (χ4v) is 3.21. The minimum atomic E-state index is -0.161. The number of hydrogen-bond acceptors (Lipinski definition) is 2. The molecule has 0 aliphatic heterocycles. The van der Waals surface area contributed by atoms with E-state index in [2.05, 4.69) is 29.7 Å². The highest BCUT2D eigenvalue weighted by Crippen LogP contribution is 2.37. The molecule has 2 aromatic carbocycles. The van der Waals surface area contributed by atoms with Crippen LogP contribution in [0.25, 0.3) is 0 Å². The minimum absolute atomic E-state index is 0.161. The SMILES string of the molecule is NNC(c1ccc(C2CCC2)cc1)c1cc(Cl)ccc1Cl. The highest BCUT2D eigenvalue weighted by molar-refractivity contribution is 6.33. The van der Waals surface area contributed by atoms with Crippen LogP contribution in [-0.4, -0.2) is 0 Å². The first-order valence-electron chi connectivity index (χ1n) is 7.20. The molecule has 110 valence electrons. The molecular formula is C17H18Cl2N2. The van der Waals surface area contributed by atoms with Gasteiger partial charge in [-0.3, -0.25) is 5.84 Å². The Bertz CT molecular complexity index is 621. The van der Waals surface area contributed by atoms with Gasteiger partial charge < -0.3 is 0 Å². The Morgan fingerprint density at radius 3 is 2.33 bits per heavy atom. The molecule has 1 unspecified atom stereocenters. The van der Waals surface area contributed by atoms with Gasteiger partial charge >= 0.3 is 0 Å². The summed E-state index contributed by atoms with van der Waals surface area (Å²) in [4.78, 5) is 0. The third-order valence-corrected chi connectivity index (χ3v) is 4.86. The number of hydrazine groups is 1.